The van der Waals surface area contributed by atoms with Crippen LogP contribution in [0.5, 0.6) is 0 Å². The summed E-state index contributed by atoms with van der Waals surface area (Å²) < 4.78 is 12.5. The first-order valence-electron chi connectivity index (χ1n) is 11.2. The van der Waals surface area contributed by atoms with Crippen molar-refractivity contribution in [2.75, 3.05) is 47.1 Å². The van der Waals surface area contributed by atoms with E-state index in [0.29, 0.717) is 39.3 Å². The number of carbonyl (C=O) groups is 2. The van der Waals surface area contributed by atoms with Gasteiger partial charge in [0.15, 0.2) is 0 Å². The Morgan fingerprint density at radius 1 is 0.938 bits per heavy atom. The zero-order valence-corrected chi connectivity index (χ0v) is 19.8. The van der Waals surface area contributed by atoms with Gasteiger partial charge in [-0.15, -0.1) is 0 Å². The lowest BCUT2D eigenvalue weighted by molar-refractivity contribution is -0.143. The molecule has 0 spiro atoms. The Morgan fingerprint density at radius 2 is 1.66 bits per heavy atom. The Labute approximate surface area is 191 Å². The Kier molecular flexibility index (Phi) is 11.0. The second-order valence-corrected chi connectivity index (χ2v) is 8.18. The molecule has 32 heavy (non-hydrogen) atoms. The van der Waals surface area contributed by atoms with Gasteiger partial charge in [-0.3, -0.25) is 9.59 Å². The number of ether oxygens (including phenoxy) is 2. The standard InChI is InChI=1S/C25H37N3O4/c1-21(2)25(30)28(14-9-16-31-3)20-24(29)27(15-17-32-4)19-23-12-8-13-26(23)18-22-10-6-5-7-11-22/h5-8,10-13,21H,9,14-20H2,1-4H3. The highest BCUT2D eigenvalue weighted by Gasteiger charge is 2.23. The van der Waals surface area contributed by atoms with Gasteiger partial charge >= 0.3 is 0 Å². The summed E-state index contributed by atoms with van der Waals surface area (Å²) >= 11 is 0. The van der Waals surface area contributed by atoms with Crippen molar-refractivity contribution in [3.8, 4) is 0 Å². The Morgan fingerprint density at radius 3 is 2.31 bits per heavy atom. The molecule has 2 aromatic rings. The Hall–Kier alpha value is -2.64. The highest BCUT2D eigenvalue weighted by atomic mass is 16.5. The van der Waals surface area contributed by atoms with Crippen molar-refractivity contribution in [2.45, 2.75) is 33.4 Å². The van der Waals surface area contributed by atoms with Crippen LogP contribution in [0.25, 0.3) is 0 Å². The van der Waals surface area contributed by atoms with Crippen LogP contribution < -0.4 is 0 Å². The van der Waals surface area contributed by atoms with Gasteiger partial charge in [-0.05, 0) is 24.1 Å². The molecule has 1 aromatic carbocycles. The minimum Gasteiger partial charge on any atom is -0.385 e. The van der Waals surface area contributed by atoms with Crippen molar-refractivity contribution in [3.63, 3.8) is 0 Å². The van der Waals surface area contributed by atoms with E-state index in [0.717, 1.165) is 12.2 Å². The summed E-state index contributed by atoms with van der Waals surface area (Å²) in [6.45, 7) is 6.93. The molecule has 0 saturated heterocycles. The fourth-order valence-corrected chi connectivity index (χ4v) is 3.51. The zero-order valence-electron chi connectivity index (χ0n) is 19.8. The van der Waals surface area contributed by atoms with Gasteiger partial charge in [-0.2, -0.15) is 0 Å². The van der Waals surface area contributed by atoms with Crippen LogP contribution >= 0.6 is 0 Å². The van der Waals surface area contributed by atoms with Gasteiger partial charge in [0, 0.05) is 58.3 Å². The summed E-state index contributed by atoms with van der Waals surface area (Å²) in [7, 11) is 3.26. The highest BCUT2D eigenvalue weighted by molar-refractivity contribution is 5.85. The number of rotatable bonds is 14. The lowest BCUT2D eigenvalue weighted by Gasteiger charge is -2.29. The van der Waals surface area contributed by atoms with E-state index in [-0.39, 0.29) is 24.3 Å². The first kappa shape index (κ1) is 25.6. The number of carbonyl (C=O) groups excluding carboxylic acids is 2. The fourth-order valence-electron chi connectivity index (χ4n) is 3.51. The molecule has 1 heterocycles. The topological polar surface area (TPSA) is 64.0 Å². The van der Waals surface area contributed by atoms with Gasteiger partial charge in [0.1, 0.15) is 0 Å². The van der Waals surface area contributed by atoms with E-state index in [1.165, 1.54) is 5.56 Å². The number of nitrogens with zero attached hydrogens (tertiary/aromatic N) is 3. The van der Waals surface area contributed by atoms with Gasteiger partial charge in [0.2, 0.25) is 11.8 Å². The van der Waals surface area contributed by atoms with Crippen molar-refractivity contribution >= 4 is 11.8 Å². The largest absolute Gasteiger partial charge is 0.385 e. The van der Waals surface area contributed by atoms with E-state index in [2.05, 4.69) is 16.7 Å². The third-order valence-corrected chi connectivity index (χ3v) is 5.30. The lowest BCUT2D eigenvalue weighted by Crippen LogP contribution is -2.45. The number of hydrogen-bond acceptors (Lipinski definition) is 4. The van der Waals surface area contributed by atoms with Crippen molar-refractivity contribution < 1.29 is 19.1 Å². The summed E-state index contributed by atoms with van der Waals surface area (Å²) in [5, 5.41) is 0. The van der Waals surface area contributed by atoms with Gasteiger partial charge in [-0.25, -0.2) is 0 Å². The molecule has 0 N–H and O–H groups in total. The van der Waals surface area contributed by atoms with Crippen molar-refractivity contribution in [1.82, 2.24) is 14.4 Å². The Balaban J connectivity index is 2.12. The summed E-state index contributed by atoms with van der Waals surface area (Å²) in [6.07, 6.45) is 2.72. The zero-order chi connectivity index (χ0) is 23.3. The van der Waals surface area contributed by atoms with Crippen molar-refractivity contribution in [3.05, 3.63) is 59.9 Å². The van der Waals surface area contributed by atoms with Crippen LogP contribution in [0.15, 0.2) is 48.7 Å². The molecule has 0 fully saturated rings. The minimum atomic E-state index is -0.166. The summed E-state index contributed by atoms with van der Waals surface area (Å²) in [6, 6.07) is 14.3. The summed E-state index contributed by atoms with van der Waals surface area (Å²) in [5.74, 6) is -0.268. The number of benzene rings is 1. The summed E-state index contributed by atoms with van der Waals surface area (Å²) in [5.41, 5.74) is 2.24. The molecule has 0 aliphatic carbocycles. The van der Waals surface area contributed by atoms with E-state index in [1.807, 2.05) is 50.4 Å². The second kappa shape index (κ2) is 13.7. The first-order valence-corrected chi connectivity index (χ1v) is 11.2. The van der Waals surface area contributed by atoms with E-state index < -0.39 is 0 Å². The van der Waals surface area contributed by atoms with Crippen LogP contribution in [0.1, 0.15) is 31.5 Å². The molecule has 176 valence electrons. The average molecular weight is 444 g/mol. The molecule has 2 rings (SSSR count). The molecule has 2 amide bonds. The van der Waals surface area contributed by atoms with Crippen LogP contribution in [0, 0.1) is 5.92 Å². The number of hydrogen-bond donors (Lipinski definition) is 0. The number of amides is 2. The maximum atomic E-state index is 13.3. The smallest absolute Gasteiger partial charge is 0.242 e. The first-order chi connectivity index (χ1) is 15.5. The molecule has 0 atom stereocenters. The van der Waals surface area contributed by atoms with Gasteiger partial charge in [-0.1, -0.05) is 44.2 Å². The van der Waals surface area contributed by atoms with E-state index in [4.69, 9.17) is 9.47 Å². The third kappa shape index (κ3) is 8.13. The molecule has 7 nitrogen and oxygen atoms in total. The predicted molar refractivity (Wildman–Crippen MR) is 125 cm³/mol. The third-order valence-electron chi connectivity index (χ3n) is 5.30. The molecular formula is C25H37N3O4. The number of aromatic nitrogens is 1. The maximum Gasteiger partial charge on any atom is 0.242 e. The Bertz CT molecular complexity index is 820. The van der Waals surface area contributed by atoms with Crippen LogP contribution in [0.2, 0.25) is 0 Å². The monoisotopic (exact) mass is 443 g/mol. The molecular weight excluding hydrogens is 406 g/mol. The maximum absolute atomic E-state index is 13.3. The van der Waals surface area contributed by atoms with Crippen LogP contribution in [0.3, 0.4) is 0 Å². The van der Waals surface area contributed by atoms with Gasteiger partial charge < -0.3 is 23.8 Å². The van der Waals surface area contributed by atoms with E-state index >= 15 is 0 Å². The molecule has 0 radical (unpaired) electrons. The highest BCUT2D eigenvalue weighted by Crippen LogP contribution is 2.12. The van der Waals surface area contributed by atoms with Crippen LogP contribution in [-0.4, -0.2) is 73.2 Å². The molecule has 0 aliphatic heterocycles. The number of methoxy groups -OCH3 is 2. The molecule has 0 unspecified atom stereocenters. The van der Waals surface area contributed by atoms with E-state index in [1.54, 1.807) is 24.0 Å². The van der Waals surface area contributed by atoms with Gasteiger partial charge in [0.25, 0.3) is 0 Å². The van der Waals surface area contributed by atoms with Crippen LogP contribution in [-0.2, 0) is 32.2 Å². The van der Waals surface area contributed by atoms with Gasteiger partial charge in [0.05, 0.1) is 19.7 Å². The molecule has 0 aliphatic rings. The fraction of sp³-hybridized carbons (Fsp3) is 0.520. The quantitative estimate of drug-likeness (QED) is 0.421. The average Bonchev–Trinajstić information content (AvgIpc) is 3.22. The van der Waals surface area contributed by atoms with Crippen molar-refractivity contribution in [2.24, 2.45) is 5.92 Å². The van der Waals surface area contributed by atoms with E-state index in [9.17, 15) is 9.59 Å². The minimum absolute atomic E-state index is 0.0198. The SMILES string of the molecule is COCCCN(CC(=O)N(CCOC)Cc1cccn1Cc1ccccc1)C(=O)C(C)C. The molecule has 0 bridgehead atoms. The molecule has 1 aromatic heterocycles. The second-order valence-electron chi connectivity index (χ2n) is 8.18. The summed E-state index contributed by atoms with van der Waals surface area (Å²) in [4.78, 5) is 29.3. The molecule has 7 heteroatoms. The molecule has 0 saturated carbocycles. The predicted octanol–water partition coefficient (Wildman–Crippen LogP) is 3.03. The lowest BCUT2D eigenvalue weighted by atomic mass is 10.2. The normalized spacial score (nSPS) is 11.0. The van der Waals surface area contributed by atoms with Crippen molar-refractivity contribution in [1.29, 1.82) is 0 Å². The van der Waals surface area contributed by atoms with Crippen LogP contribution in [0.4, 0.5) is 0 Å².